The van der Waals surface area contributed by atoms with Gasteiger partial charge in [-0.15, -0.1) is 0 Å². The smallest absolute Gasteiger partial charge is 0.388 e. The predicted octanol–water partition coefficient (Wildman–Crippen LogP) is 2.34. The van der Waals surface area contributed by atoms with Gasteiger partial charge < -0.3 is 4.74 Å². The van der Waals surface area contributed by atoms with Crippen LogP contribution in [0.1, 0.15) is 0 Å². The number of hydrogen-bond acceptors (Lipinski definition) is 3. The number of halogens is 4. The molecule has 2 rings (SSSR count). The summed E-state index contributed by atoms with van der Waals surface area (Å²) < 4.78 is 31.4. The number of aromatic nitrogens is 3. The lowest BCUT2D eigenvalue weighted by atomic mass is 10.2. The number of hydrogen-bond donors (Lipinski definition) is 0. The van der Waals surface area contributed by atoms with E-state index < -0.39 is 6.61 Å². The molecule has 0 aliphatic carbocycles. The first-order valence-corrected chi connectivity index (χ1v) is 6.13. The van der Waals surface area contributed by atoms with E-state index in [-0.39, 0.29) is 21.7 Å². The molecule has 0 radical (unpaired) electrons. The maximum absolute atomic E-state index is 12.3. The first kappa shape index (κ1) is 14.8. The summed E-state index contributed by atoms with van der Waals surface area (Å²) in [7, 11) is 2.87. The number of pyridine rings is 1. The van der Waals surface area contributed by atoms with Crippen molar-refractivity contribution in [2.45, 2.75) is 6.61 Å². The first-order chi connectivity index (χ1) is 9.45. The Morgan fingerprint density at radius 1 is 1.40 bits per heavy atom. The molecular weight excluding hydrogens is 315 g/mol. The number of nitrogens with zero attached hydrogens (tertiary/aromatic N) is 3. The molecule has 108 valence electrons. The van der Waals surface area contributed by atoms with Crippen molar-refractivity contribution in [2.75, 3.05) is 7.11 Å². The summed E-state index contributed by atoms with van der Waals surface area (Å²) in [6, 6.07) is 3.29. The van der Waals surface area contributed by atoms with Crippen LogP contribution in [0.25, 0.3) is 11.3 Å². The van der Waals surface area contributed by atoms with E-state index in [4.69, 9.17) is 28.0 Å². The van der Waals surface area contributed by atoms with Gasteiger partial charge in [-0.2, -0.15) is 13.9 Å². The zero-order chi connectivity index (χ0) is 14.9. The van der Waals surface area contributed by atoms with Crippen molar-refractivity contribution in [1.29, 1.82) is 0 Å². The van der Waals surface area contributed by atoms with Crippen LogP contribution in [0.5, 0.6) is 5.88 Å². The third-order valence-corrected chi connectivity index (χ3v) is 3.20. The number of rotatable bonds is 4. The Labute approximate surface area is 123 Å². The molecule has 9 heteroatoms. The molecule has 0 spiro atoms. The van der Waals surface area contributed by atoms with Crippen LogP contribution in [0.15, 0.2) is 18.3 Å². The molecule has 2 heterocycles. The quantitative estimate of drug-likeness (QED) is 0.640. The maximum atomic E-state index is 12.3. The van der Waals surface area contributed by atoms with Gasteiger partial charge in [0, 0.05) is 17.8 Å². The molecule has 5 nitrogen and oxygen atoms in total. The molecule has 0 unspecified atom stereocenters. The van der Waals surface area contributed by atoms with Crippen LogP contribution < -0.4 is 14.3 Å². The molecule has 0 fully saturated rings. The number of ether oxygens (including phenoxy) is 1. The van der Waals surface area contributed by atoms with E-state index in [0.29, 0.717) is 5.56 Å². The highest BCUT2D eigenvalue weighted by Gasteiger charge is 2.25. The van der Waals surface area contributed by atoms with Crippen LogP contribution in [0.3, 0.4) is 0 Å². The van der Waals surface area contributed by atoms with Crippen LogP contribution in [0.2, 0.25) is 10.2 Å². The van der Waals surface area contributed by atoms with Crippen LogP contribution in [-0.4, -0.2) is 23.5 Å². The molecule has 0 aliphatic rings. The second kappa shape index (κ2) is 5.80. The van der Waals surface area contributed by atoms with E-state index in [9.17, 15) is 8.78 Å². The third-order valence-electron chi connectivity index (χ3n) is 2.49. The zero-order valence-electron chi connectivity index (χ0n) is 10.5. The second-order valence-electron chi connectivity index (χ2n) is 3.69. The van der Waals surface area contributed by atoms with E-state index in [1.807, 2.05) is 0 Å². The summed E-state index contributed by atoms with van der Waals surface area (Å²) in [4.78, 5) is 5.00. The van der Waals surface area contributed by atoms with Gasteiger partial charge in [0.05, 0.1) is 5.56 Å². The largest absolute Gasteiger partial charge is 0.416 e. The number of alkyl halides is 2. The van der Waals surface area contributed by atoms with E-state index in [1.165, 1.54) is 18.9 Å². The molecule has 0 saturated carbocycles. The second-order valence-corrected chi connectivity index (χ2v) is 4.43. The van der Waals surface area contributed by atoms with Crippen molar-refractivity contribution < 1.29 is 23.1 Å². The molecule has 2 aromatic heterocycles. The maximum Gasteiger partial charge on any atom is 0.388 e. The molecule has 2 aromatic rings. The van der Waals surface area contributed by atoms with Crippen molar-refractivity contribution in [3.8, 4) is 17.1 Å². The fraction of sp³-hybridized carbons (Fsp3) is 0.273. The van der Waals surface area contributed by atoms with Crippen molar-refractivity contribution in [1.82, 2.24) is 9.78 Å². The lowest BCUT2D eigenvalue weighted by Crippen LogP contribution is -2.41. The molecule has 0 bridgehead atoms. The highest BCUT2D eigenvalue weighted by Crippen LogP contribution is 2.37. The van der Waals surface area contributed by atoms with Gasteiger partial charge in [0.2, 0.25) is 12.1 Å². The van der Waals surface area contributed by atoms with Gasteiger partial charge in [-0.05, 0) is 17.7 Å². The Hall–Kier alpha value is -1.60. The molecule has 0 aromatic carbocycles. The first-order valence-electron chi connectivity index (χ1n) is 5.38. The van der Waals surface area contributed by atoms with Crippen molar-refractivity contribution in [3.05, 3.63) is 28.5 Å². The summed E-state index contributed by atoms with van der Waals surface area (Å²) >= 11 is 12.1. The molecule has 0 aliphatic heterocycles. The van der Waals surface area contributed by atoms with Crippen LogP contribution >= 0.6 is 23.2 Å². The fourth-order valence-electron chi connectivity index (χ4n) is 1.66. The average molecular weight is 325 g/mol. The Balaban J connectivity index is 2.54. The topological polar surface area (TPSA) is 40.2 Å². The van der Waals surface area contributed by atoms with Gasteiger partial charge in [-0.1, -0.05) is 11.6 Å². The predicted molar refractivity (Wildman–Crippen MR) is 68.0 cm³/mol. The summed E-state index contributed by atoms with van der Waals surface area (Å²) in [5, 5.41) is 4.20. The Kier molecular flexibility index (Phi) is 4.29. The monoisotopic (exact) mass is 324 g/mol. The summed E-state index contributed by atoms with van der Waals surface area (Å²) in [5.41, 5.74) is 0.655. The standard InChI is InChI=1S/C11H10Cl2F2N3O2/c1-17-10(20-11(14)15)7(12)8(16-17)6-4-3-5-18(19-2)9(6)13/h3-5,11H,1-2H3/q+1. The Morgan fingerprint density at radius 2 is 2.10 bits per heavy atom. The van der Waals surface area contributed by atoms with Gasteiger partial charge in [0.15, 0.2) is 0 Å². The average Bonchev–Trinajstić information content (AvgIpc) is 2.66. The van der Waals surface area contributed by atoms with Crippen molar-refractivity contribution in [2.24, 2.45) is 7.05 Å². The SMILES string of the molecule is CO[n+]1cccc(-c2nn(C)c(OC(F)F)c2Cl)c1Cl. The van der Waals surface area contributed by atoms with Crippen molar-refractivity contribution in [3.63, 3.8) is 0 Å². The van der Waals surface area contributed by atoms with E-state index >= 15 is 0 Å². The summed E-state index contributed by atoms with van der Waals surface area (Å²) in [5.74, 6) is -0.236. The third kappa shape index (κ3) is 2.64. The Morgan fingerprint density at radius 3 is 2.70 bits per heavy atom. The van der Waals surface area contributed by atoms with E-state index in [2.05, 4.69) is 9.84 Å². The molecule has 20 heavy (non-hydrogen) atoms. The van der Waals surface area contributed by atoms with Gasteiger partial charge in [-0.25, -0.2) is 4.68 Å². The molecule has 0 N–H and O–H groups in total. The van der Waals surface area contributed by atoms with Gasteiger partial charge in [-0.3, -0.25) is 4.84 Å². The van der Waals surface area contributed by atoms with Gasteiger partial charge in [0.1, 0.15) is 17.8 Å². The minimum absolute atomic E-state index is 0.0523. The molecular formula is C11H10Cl2F2N3O2+. The molecule has 0 atom stereocenters. The minimum atomic E-state index is -2.99. The Bertz CT molecular complexity index is 634. The highest BCUT2D eigenvalue weighted by atomic mass is 35.5. The zero-order valence-corrected chi connectivity index (χ0v) is 12.0. The normalized spacial score (nSPS) is 10.9. The highest BCUT2D eigenvalue weighted by molar-refractivity contribution is 6.36. The van der Waals surface area contributed by atoms with Crippen molar-refractivity contribution >= 4 is 23.2 Å². The van der Waals surface area contributed by atoms with Crippen LogP contribution in [0, 0.1) is 0 Å². The van der Waals surface area contributed by atoms with E-state index in [0.717, 1.165) is 4.68 Å². The molecule has 0 amide bonds. The lowest BCUT2D eigenvalue weighted by molar-refractivity contribution is -0.883. The van der Waals surface area contributed by atoms with Gasteiger partial charge >= 0.3 is 11.8 Å². The lowest BCUT2D eigenvalue weighted by Gasteiger charge is -2.03. The molecule has 0 saturated heterocycles. The van der Waals surface area contributed by atoms with E-state index in [1.54, 1.807) is 18.3 Å². The van der Waals surface area contributed by atoms with Crippen LogP contribution in [-0.2, 0) is 7.05 Å². The fourth-order valence-corrected chi connectivity index (χ4v) is 2.24. The minimum Gasteiger partial charge on any atom is -0.416 e. The number of aryl methyl sites for hydroxylation is 1. The summed E-state index contributed by atoms with van der Waals surface area (Å²) in [6.45, 7) is -2.99. The van der Waals surface area contributed by atoms with Crippen LogP contribution in [0.4, 0.5) is 8.78 Å². The summed E-state index contributed by atoms with van der Waals surface area (Å²) in [6.07, 6.45) is 1.58. The van der Waals surface area contributed by atoms with Gasteiger partial charge in [0.25, 0.3) is 0 Å².